The zero-order chi connectivity index (χ0) is 14.5. The smallest absolute Gasteiger partial charge is 0.323 e. The third-order valence-electron chi connectivity index (χ3n) is 2.55. The van der Waals surface area contributed by atoms with Crippen LogP contribution in [0.2, 0.25) is 0 Å². The van der Waals surface area contributed by atoms with Crippen LogP contribution in [-0.2, 0) is 0 Å². The maximum absolute atomic E-state index is 11.8. The van der Waals surface area contributed by atoms with Crippen LogP contribution in [-0.4, -0.2) is 13.1 Å². The summed E-state index contributed by atoms with van der Waals surface area (Å²) in [7, 11) is 1.58. The van der Waals surface area contributed by atoms with Crippen molar-refractivity contribution >= 4 is 39.0 Å². The fourth-order valence-corrected chi connectivity index (χ4v) is 2.19. The molecule has 2 aromatic carbocycles. The molecule has 0 aliphatic rings. The highest BCUT2D eigenvalue weighted by Crippen LogP contribution is 2.27. The van der Waals surface area contributed by atoms with Gasteiger partial charge in [0, 0.05) is 17.1 Å². The van der Waals surface area contributed by atoms with E-state index in [1.165, 1.54) is 0 Å². The number of carbonyl (C=O) groups excluding carboxylic acids is 1. The van der Waals surface area contributed by atoms with Crippen LogP contribution in [0.1, 0.15) is 0 Å². The van der Waals surface area contributed by atoms with E-state index in [2.05, 4.69) is 26.6 Å². The molecular formula is C14H14BrN3O2. The van der Waals surface area contributed by atoms with Gasteiger partial charge in [0.05, 0.1) is 11.6 Å². The molecule has 6 heteroatoms. The first-order valence-electron chi connectivity index (χ1n) is 5.85. The summed E-state index contributed by atoms with van der Waals surface area (Å²) in [6.45, 7) is 0. The van der Waals surface area contributed by atoms with Gasteiger partial charge in [-0.3, -0.25) is 0 Å². The molecule has 0 spiro atoms. The first kappa shape index (κ1) is 14.2. The number of nitrogens with one attached hydrogen (secondary N) is 2. The molecule has 0 aromatic heterocycles. The van der Waals surface area contributed by atoms with Gasteiger partial charge < -0.3 is 21.1 Å². The Morgan fingerprint density at radius 3 is 2.45 bits per heavy atom. The van der Waals surface area contributed by atoms with Crippen LogP contribution in [0.25, 0.3) is 0 Å². The van der Waals surface area contributed by atoms with Crippen molar-refractivity contribution in [1.82, 2.24) is 0 Å². The Bertz CT molecular complexity index is 632. The van der Waals surface area contributed by atoms with E-state index in [1.54, 1.807) is 49.6 Å². The molecule has 2 amide bonds. The lowest BCUT2D eigenvalue weighted by atomic mass is 10.3. The molecule has 2 rings (SSSR count). The summed E-state index contributed by atoms with van der Waals surface area (Å²) in [5.74, 6) is 0.701. The van der Waals surface area contributed by atoms with Gasteiger partial charge in [-0.15, -0.1) is 0 Å². The van der Waals surface area contributed by atoms with Crippen molar-refractivity contribution in [3.63, 3.8) is 0 Å². The highest BCUT2D eigenvalue weighted by atomic mass is 79.9. The van der Waals surface area contributed by atoms with Gasteiger partial charge in [0.2, 0.25) is 0 Å². The van der Waals surface area contributed by atoms with Crippen molar-refractivity contribution in [2.75, 3.05) is 23.5 Å². The highest BCUT2D eigenvalue weighted by molar-refractivity contribution is 9.10. The summed E-state index contributed by atoms with van der Waals surface area (Å²) < 4.78 is 5.89. The van der Waals surface area contributed by atoms with Crippen molar-refractivity contribution in [2.24, 2.45) is 0 Å². The minimum atomic E-state index is -0.340. The fraction of sp³-hybridized carbons (Fsp3) is 0.0714. The number of carbonyl (C=O) groups is 1. The average Bonchev–Trinajstić information content (AvgIpc) is 2.38. The molecule has 0 saturated carbocycles. The van der Waals surface area contributed by atoms with Gasteiger partial charge in [0.1, 0.15) is 5.75 Å². The van der Waals surface area contributed by atoms with E-state index in [-0.39, 0.29) is 6.03 Å². The van der Waals surface area contributed by atoms with E-state index in [0.717, 1.165) is 4.47 Å². The molecule has 0 unspecified atom stereocenters. The van der Waals surface area contributed by atoms with Crippen molar-refractivity contribution in [1.29, 1.82) is 0 Å². The SMILES string of the molecule is COc1ccc(NC(=O)Nc2cccc(N)c2)cc1Br. The van der Waals surface area contributed by atoms with E-state index < -0.39 is 0 Å². The lowest BCUT2D eigenvalue weighted by molar-refractivity contribution is 0.262. The first-order chi connectivity index (χ1) is 9.58. The van der Waals surface area contributed by atoms with Gasteiger partial charge in [-0.2, -0.15) is 0 Å². The molecule has 104 valence electrons. The third-order valence-corrected chi connectivity index (χ3v) is 3.17. The van der Waals surface area contributed by atoms with Gasteiger partial charge >= 0.3 is 6.03 Å². The van der Waals surface area contributed by atoms with E-state index in [9.17, 15) is 4.79 Å². The zero-order valence-corrected chi connectivity index (χ0v) is 12.4. The Balaban J connectivity index is 2.03. The predicted molar refractivity (Wildman–Crippen MR) is 84.2 cm³/mol. The Morgan fingerprint density at radius 2 is 1.85 bits per heavy atom. The summed E-state index contributed by atoms with van der Waals surface area (Å²) >= 11 is 3.36. The second-order valence-corrected chi connectivity index (χ2v) is 4.91. The normalized spacial score (nSPS) is 9.90. The standard InChI is InChI=1S/C14H14BrN3O2/c1-20-13-6-5-11(8-12(13)15)18-14(19)17-10-4-2-3-9(16)7-10/h2-8H,16H2,1H3,(H2,17,18,19). The third kappa shape index (κ3) is 3.64. The van der Waals surface area contributed by atoms with Gasteiger partial charge in [-0.05, 0) is 52.3 Å². The molecule has 20 heavy (non-hydrogen) atoms. The van der Waals surface area contributed by atoms with Crippen LogP contribution in [0.5, 0.6) is 5.75 Å². The molecular weight excluding hydrogens is 322 g/mol. The molecule has 4 N–H and O–H groups in total. The van der Waals surface area contributed by atoms with Crippen molar-refractivity contribution in [3.8, 4) is 5.75 Å². The average molecular weight is 336 g/mol. The number of ether oxygens (including phenoxy) is 1. The molecule has 0 saturated heterocycles. The lowest BCUT2D eigenvalue weighted by Gasteiger charge is -2.10. The quantitative estimate of drug-likeness (QED) is 0.748. The molecule has 0 aliphatic carbocycles. The molecule has 0 fully saturated rings. The van der Waals surface area contributed by atoms with Crippen LogP contribution < -0.4 is 21.1 Å². The number of hydrogen-bond donors (Lipinski definition) is 3. The minimum Gasteiger partial charge on any atom is -0.496 e. The Hall–Kier alpha value is -2.21. The number of anilines is 3. The molecule has 0 heterocycles. The van der Waals surface area contributed by atoms with E-state index in [4.69, 9.17) is 10.5 Å². The fourth-order valence-electron chi connectivity index (χ4n) is 1.65. The van der Waals surface area contributed by atoms with Gasteiger partial charge in [-0.1, -0.05) is 6.07 Å². The number of amides is 2. The topological polar surface area (TPSA) is 76.4 Å². The zero-order valence-electron chi connectivity index (χ0n) is 10.8. The summed E-state index contributed by atoms with van der Waals surface area (Å²) in [6.07, 6.45) is 0. The number of benzene rings is 2. The number of hydrogen-bond acceptors (Lipinski definition) is 3. The Kier molecular flexibility index (Phi) is 4.47. The summed E-state index contributed by atoms with van der Waals surface area (Å²) in [4.78, 5) is 11.8. The number of methoxy groups -OCH3 is 1. The van der Waals surface area contributed by atoms with Gasteiger partial charge in [-0.25, -0.2) is 4.79 Å². The largest absolute Gasteiger partial charge is 0.496 e. The number of urea groups is 1. The Labute approximate surface area is 125 Å². The van der Waals surface area contributed by atoms with E-state index >= 15 is 0 Å². The van der Waals surface area contributed by atoms with Crippen LogP contribution in [0, 0.1) is 0 Å². The number of nitrogens with two attached hydrogens (primary N) is 1. The Morgan fingerprint density at radius 1 is 1.15 bits per heavy atom. The van der Waals surface area contributed by atoms with Gasteiger partial charge in [0.25, 0.3) is 0 Å². The number of halogens is 1. The van der Waals surface area contributed by atoms with Crippen LogP contribution in [0.4, 0.5) is 21.9 Å². The van der Waals surface area contributed by atoms with Crippen LogP contribution >= 0.6 is 15.9 Å². The number of rotatable bonds is 3. The predicted octanol–water partition coefficient (Wildman–Crippen LogP) is 3.68. The van der Waals surface area contributed by atoms with E-state index in [0.29, 0.717) is 22.8 Å². The molecule has 0 aliphatic heterocycles. The first-order valence-corrected chi connectivity index (χ1v) is 6.65. The van der Waals surface area contributed by atoms with Gasteiger partial charge in [0.15, 0.2) is 0 Å². The second-order valence-electron chi connectivity index (χ2n) is 4.05. The highest BCUT2D eigenvalue weighted by Gasteiger charge is 2.05. The maximum Gasteiger partial charge on any atom is 0.323 e. The van der Waals surface area contributed by atoms with Crippen molar-refractivity contribution < 1.29 is 9.53 Å². The van der Waals surface area contributed by atoms with Crippen molar-refractivity contribution in [3.05, 3.63) is 46.9 Å². The lowest BCUT2D eigenvalue weighted by Crippen LogP contribution is -2.19. The molecule has 0 atom stereocenters. The minimum absolute atomic E-state index is 0.340. The number of nitrogen functional groups attached to an aromatic ring is 1. The van der Waals surface area contributed by atoms with Crippen LogP contribution in [0.15, 0.2) is 46.9 Å². The molecule has 0 bridgehead atoms. The van der Waals surface area contributed by atoms with Crippen molar-refractivity contribution in [2.45, 2.75) is 0 Å². The summed E-state index contributed by atoms with van der Waals surface area (Å²) in [5.41, 5.74) is 7.53. The summed E-state index contributed by atoms with van der Waals surface area (Å²) in [6, 6.07) is 11.9. The van der Waals surface area contributed by atoms with Crippen LogP contribution in [0.3, 0.4) is 0 Å². The summed E-state index contributed by atoms with van der Waals surface area (Å²) in [5, 5.41) is 5.43. The maximum atomic E-state index is 11.8. The van der Waals surface area contributed by atoms with E-state index in [1.807, 2.05) is 0 Å². The second kappa shape index (κ2) is 6.29. The molecule has 5 nitrogen and oxygen atoms in total. The monoisotopic (exact) mass is 335 g/mol. The molecule has 2 aromatic rings. The molecule has 0 radical (unpaired) electrons.